The number of nitrogens with one attached hydrogen (secondary N) is 2. The molecule has 0 aliphatic heterocycles. The SMILES string of the molecule is N#Cc1ccc(NC(=O)NC2CCCCCC2N)cc1. The summed E-state index contributed by atoms with van der Waals surface area (Å²) in [6, 6.07) is 8.65. The molecule has 4 N–H and O–H groups in total. The summed E-state index contributed by atoms with van der Waals surface area (Å²) in [7, 11) is 0. The highest BCUT2D eigenvalue weighted by Crippen LogP contribution is 2.17. The summed E-state index contributed by atoms with van der Waals surface area (Å²) < 4.78 is 0. The minimum Gasteiger partial charge on any atom is -0.334 e. The van der Waals surface area contributed by atoms with E-state index in [4.69, 9.17) is 11.0 Å². The van der Waals surface area contributed by atoms with Crippen molar-refractivity contribution in [2.75, 3.05) is 5.32 Å². The van der Waals surface area contributed by atoms with E-state index in [-0.39, 0.29) is 18.1 Å². The van der Waals surface area contributed by atoms with Gasteiger partial charge in [-0.05, 0) is 37.1 Å². The van der Waals surface area contributed by atoms with Gasteiger partial charge in [0.1, 0.15) is 0 Å². The van der Waals surface area contributed by atoms with Gasteiger partial charge >= 0.3 is 6.03 Å². The number of hydrogen-bond donors (Lipinski definition) is 3. The number of nitrogens with two attached hydrogens (primary N) is 1. The number of rotatable bonds is 2. The first-order valence-corrected chi connectivity index (χ1v) is 7.02. The summed E-state index contributed by atoms with van der Waals surface area (Å²) in [5.74, 6) is 0. The summed E-state index contributed by atoms with van der Waals surface area (Å²) >= 11 is 0. The molecule has 1 aromatic carbocycles. The van der Waals surface area contributed by atoms with Crippen molar-refractivity contribution < 1.29 is 4.79 Å². The molecule has 0 bridgehead atoms. The molecule has 2 atom stereocenters. The zero-order valence-corrected chi connectivity index (χ0v) is 11.4. The zero-order chi connectivity index (χ0) is 14.4. The van der Waals surface area contributed by atoms with Crippen molar-refractivity contribution >= 4 is 11.7 Å². The van der Waals surface area contributed by atoms with Crippen LogP contribution in [0.3, 0.4) is 0 Å². The Morgan fingerprint density at radius 1 is 1.20 bits per heavy atom. The molecule has 0 aromatic heterocycles. The molecule has 0 heterocycles. The minimum atomic E-state index is -0.239. The Balaban J connectivity index is 1.89. The van der Waals surface area contributed by atoms with Crippen molar-refractivity contribution in [3.63, 3.8) is 0 Å². The van der Waals surface area contributed by atoms with E-state index in [0.717, 1.165) is 25.7 Å². The van der Waals surface area contributed by atoms with Gasteiger partial charge in [-0.25, -0.2) is 4.79 Å². The van der Waals surface area contributed by atoms with Crippen LogP contribution in [0.25, 0.3) is 0 Å². The van der Waals surface area contributed by atoms with Crippen LogP contribution in [0.4, 0.5) is 10.5 Å². The van der Waals surface area contributed by atoms with Gasteiger partial charge in [-0.3, -0.25) is 0 Å². The van der Waals surface area contributed by atoms with Gasteiger partial charge in [0.2, 0.25) is 0 Å². The lowest BCUT2D eigenvalue weighted by Gasteiger charge is -2.22. The number of benzene rings is 1. The third-order valence-electron chi connectivity index (χ3n) is 3.66. The predicted octanol–water partition coefficient (Wildman–Crippen LogP) is 2.34. The van der Waals surface area contributed by atoms with Crippen molar-refractivity contribution in [1.29, 1.82) is 5.26 Å². The maximum Gasteiger partial charge on any atom is 0.319 e. The van der Waals surface area contributed by atoms with Crippen molar-refractivity contribution in [3.8, 4) is 6.07 Å². The summed E-state index contributed by atoms with van der Waals surface area (Å²) in [6.07, 6.45) is 5.32. The fourth-order valence-electron chi connectivity index (χ4n) is 2.48. The topological polar surface area (TPSA) is 90.9 Å². The normalized spacial score (nSPS) is 22.4. The molecule has 1 aliphatic rings. The largest absolute Gasteiger partial charge is 0.334 e. The average Bonchev–Trinajstić information content (AvgIpc) is 2.65. The number of nitrogens with zero attached hydrogens (tertiary/aromatic N) is 1. The maximum absolute atomic E-state index is 12.0. The first kappa shape index (κ1) is 14.4. The van der Waals surface area contributed by atoms with Crippen LogP contribution in [0.5, 0.6) is 0 Å². The molecule has 2 unspecified atom stereocenters. The van der Waals surface area contributed by atoms with Gasteiger partial charge in [-0.2, -0.15) is 5.26 Å². The van der Waals surface area contributed by atoms with Crippen LogP contribution in [-0.4, -0.2) is 18.1 Å². The summed E-state index contributed by atoms with van der Waals surface area (Å²) in [6.45, 7) is 0. The van der Waals surface area contributed by atoms with Crippen molar-refractivity contribution in [2.24, 2.45) is 5.73 Å². The first-order valence-electron chi connectivity index (χ1n) is 7.02. The standard InChI is InChI=1S/C15H20N4O/c16-10-11-6-8-12(9-7-11)18-15(20)19-14-5-3-1-2-4-13(14)17/h6-9,13-14H,1-5,17H2,(H2,18,19,20). The number of carbonyl (C=O) groups excluding carboxylic acids is 1. The van der Waals surface area contributed by atoms with E-state index in [9.17, 15) is 4.79 Å². The first-order chi connectivity index (χ1) is 9.69. The molecule has 5 heteroatoms. The Bertz CT molecular complexity index is 492. The molecule has 2 rings (SSSR count). The van der Waals surface area contributed by atoms with Crippen LogP contribution in [0.1, 0.15) is 37.7 Å². The Hall–Kier alpha value is -2.06. The lowest BCUT2D eigenvalue weighted by molar-refractivity contribution is 0.245. The Morgan fingerprint density at radius 3 is 2.60 bits per heavy atom. The van der Waals surface area contributed by atoms with Gasteiger partial charge in [-0.15, -0.1) is 0 Å². The van der Waals surface area contributed by atoms with E-state index < -0.39 is 0 Å². The fraction of sp³-hybridized carbons (Fsp3) is 0.467. The molecule has 2 amide bonds. The molecule has 1 aliphatic carbocycles. The summed E-state index contributed by atoms with van der Waals surface area (Å²) in [4.78, 5) is 12.0. The van der Waals surface area contributed by atoms with Crippen LogP contribution in [0, 0.1) is 11.3 Å². The van der Waals surface area contributed by atoms with Gasteiger partial charge in [-0.1, -0.05) is 19.3 Å². The third kappa shape index (κ3) is 3.97. The maximum atomic E-state index is 12.0. The molecule has 1 saturated carbocycles. The second kappa shape index (κ2) is 6.92. The van der Waals surface area contributed by atoms with Crippen molar-refractivity contribution in [3.05, 3.63) is 29.8 Å². The van der Waals surface area contributed by atoms with Gasteiger partial charge < -0.3 is 16.4 Å². The Labute approximate surface area is 119 Å². The van der Waals surface area contributed by atoms with E-state index in [2.05, 4.69) is 10.6 Å². The smallest absolute Gasteiger partial charge is 0.319 e. The van der Waals surface area contributed by atoms with Gasteiger partial charge in [0.05, 0.1) is 11.6 Å². The minimum absolute atomic E-state index is 0.0317. The molecule has 0 saturated heterocycles. The van der Waals surface area contributed by atoms with Gasteiger partial charge in [0.25, 0.3) is 0 Å². The number of hydrogen-bond acceptors (Lipinski definition) is 3. The molecule has 106 valence electrons. The number of anilines is 1. The van der Waals surface area contributed by atoms with E-state index in [1.165, 1.54) is 6.42 Å². The van der Waals surface area contributed by atoms with E-state index in [1.54, 1.807) is 24.3 Å². The van der Waals surface area contributed by atoms with Crippen molar-refractivity contribution in [2.45, 2.75) is 44.2 Å². The lowest BCUT2D eigenvalue weighted by Crippen LogP contribution is -2.48. The molecular weight excluding hydrogens is 252 g/mol. The monoisotopic (exact) mass is 272 g/mol. The zero-order valence-electron chi connectivity index (χ0n) is 11.4. The average molecular weight is 272 g/mol. The highest BCUT2D eigenvalue weighted by atomic mass is 16.2. The number of amides is 2. The Kier molecular flexibility index (Phi) is 4.97. The highest BCUT2D eigenvalue weighted by Gasteiger charge is 2.21. The molecule has 0 spiro atoms. The predicted molar refractivity (Wildman–Crippen MR) is 78.2 cm³/mol. The Morgan fingerprint density at radius 2 is 1.90 bits per heavy atom. The van der Waals surface area contributed by atoms with E-state index in [0.29, 0.717) is 11.3 Å². The van der Waals surface area contributed by atoms with E-state index in [1.807, 2.05) is 6.07 Å². The second-order valence-electron chi connectivity index (χ2n) is 5.20. The van der Waals surface area contributed by atoms with Crippen LogP contribution in [0.15, 0.2) is 24.3 Å². The fourth-order valence-corrected chi connectivity index (χ4v) is 2.48. The van der Waals surface area contributed by atoms with Gasteiger partial charge in [0, 0.05) is 17.8 Å². The highest BCUT2D eigenvalue weighted by molar-refractivity contribution is 5.89. The third-order valence-corrected chi connectivity index (χ3v) is 3.66. The van der Waals surface area contributed by atoms with E-state index >= 15 is 0 Å². The molecule has 1 aromatic rings. The van der Waals surface area contributed by atoms with Crippen LogP contribution in [0.2, 0.25) is 0 Å². The second-order valence-corrected chi connectivity index (χ2v) is 5.20. The molecule has 20 heavy (non-hydrogen) atoms. The molecule has 0 radical (unpaired) electrons. The van der Waals surface area contributed by atoms with Gasteiger partial charge in [0.15, 0.2) is 0 Å². The van der Waals surface area contributed by atoms with Crippen molar-refractivity contribution in [1.82, 2.24) is 5.32 Å². The number of urea groups is 1. The molecule has 1 fully saturated rings. The number of nitriles is 1. The van der Waals surface area contributed by atoms with Crippen LogP contribution in [-0.2, 0) is 0 Å². The lowest BCUT2D eigenvalue weighted by atomic mass is 10.0. The summed E-state index contributed by atoms with van der Waals surface area (Å²) in [5.41, 5.74) is 7.32. The van der Waals surface area contributed by atoms with Crippen LogP contribution >= 0.6 is 0 Å². The quantitative estimate of drug-likeness (QED) is 0.722. The number of carbonyl (C=O) groups is 1. The molecular formula is C15H20N4O. The summed E-state index contributed by atoms with van der Waals surface area (Å²) in [5, 5.41) is 14.4. The molecule has 5 nitrogen and oxygen atoms in total. The van der Waals surface area contributed by atoms with Crippen LogP contribution < -0.4 is 16.4 Å².